The molecule has 1 amide bonds. The van der Waals surface area contributed by atoms with Gasteiger partial charge in [-0.1, -0.05) is 0 Å². The van der Waals surface area contributed by atoms with Crippen LogP contribution in [0.4, 0.5) is 5.69 Å². The van der Waals surface area contributed by atoms with E-state index in [-0.39, 0.29) is 5.91 Å². The standard InChI is InChI=1S/C14H25N5O/c1-3-19-13(12(15)11(2)17-19)14(20)16-7-6-10-18-8-4-5-9-18/h3-10,15H2,1-2H3,(H,16,20). The Morgan fingerprint density at radius 3 is 2.75 bits per heavy atom. The molecule has 3 N–H and O–H groups in total. The van der Waals surface area contributed by atoms with Gasteiger partial charge in [-0.05, 0) is 52.7 Å². The van der Waals surface area contributed by atoms with Gasteiger partial charge in [-0.2, -0.15) is 5.10 Å². The molecule has 1 fully saturated rings. The van der Waals surface area contributed by atoms with Gasteiger partial charge in [0.15, 0.2) is 0 Å². The highest BCUT2D eigenvalue weighted by Crippen LogP contribution is 2.16. The first-order chi connectivity index (χ1) is 9.63. The molecule has 0 bridgehead atoms. The number of nitrogens with two attached hydrogens (primary N) is 1. The minimum absolute atomic E-state index is 0.119. The van der Waals surface area contributed by atoms with Crippen molar-refractivity contribution < 1.29 is 4.79 Å². The van der Waals surface area contributed by atoms with Crippen molar-refractivity contribution >= 4 is 11.6 Å². The number of nitrogens with one attached hydrogen (secondary N) is 1. The van der Waals surface area contributed by atoms with Crippen LogP contribution in [0.25, 0.3) is 0 Å². The monoisotopic (exact) mass is 279 g/mol. The summed E-state index contributed by atoms with van der Waals surface area (Å²) in [6.07, 6.45) is 3.58. The van der Waals surface area contributed by atoms with Crippen LogP contribution in [-0.4, -0.2) is 46.8 Å². The second-order valence-electron chi connectivity index (χ2n) is 5.32. The summed E-state index contributed by atoms with van der Waals surface area (Å²) < 4.78 is 1.67. The number of nitrogens with zero attached hydrogens (tertiary/aromatic N) is 3. The number of amides is 1. The van der Waals surface area contributed by atoms with Gasteiger partial charge < -0.3 is 16.0 Å². The first-order valence-corrected chi connectivity index (χ1v) is 7.47. The molecule has 112 valence electrons. The SMILES string of the molecule is CCn1nc(C)c(N)c1C(=O)NCCCN1CCCC1. The lowest BCUT2D eigenvalue weighted by molar-refractivity contribution is 0.0942. The van der Waals surface area contributed by atoms with Gasteiger partial charge in [0.05, 0.1) is 11.4 Å². The van der Waals surface area contributed by atoms with Gasteiger partial charge in [0.2, 0.25) is 0 Å². The lowest BCUT2D eigenvalue weighted by Crippen LogP contribution is -2.30. The summed E-state index contributed by atoms with van der Waals surface area (Å²) in [5, 5.41) is 7.21. The van der Waals surface area contributed by atoms with Gasteiger partial charge >= 0.3 is 0 Å². The third-order valence-corrected chi connectivity index (χ3v) is 3.82. The molecule has 0 saturated carbocycles. The molecule has 1 saturated heterocycles. The predicted molar refractivity (Wildman–Crippen MR) is 79.7 cm³/mol. The summed E-state index contributed by atoms with van der Waals surface area (Å²) in [6.45, 7) is 8.56. The van der Waals surface area contributed by atoms with Crippen molar-refractivity contribution in [3.05, 3.63) is 11.4 Å². The summed E-state index contributed by atoms with van der Waals surface area (Å²) in [6, 6.07) is 0. The quantitative estimate of drug-likeness (QED) is 0.762. The van der Waals surface area contributed by atoms with Crippen LogP contribution in [0.5, 0.6) is 0 Å². The van der Waals surface area contributed by atoms with E-state index in [0.717, 1.165) is 13.0 Å². The van der Waals surface area contributed by atoms with E-state index in [1.807, 2.05) is 13.8 Å². The second kappa shape index (κ2) is 6.74. The average molecular weight is 279 g/mol. The van der Waals surface area contributed by atoms with E-state index < -0.39 is 0 Å². The van der Waals surface area contributed by atoms with Gasteiger partial charge in [-0.25, -0.2) is 0 Å². The van der Waals surface area contributed by atoms with Gasteiger partial charge in [0.1, 0.15) is 5.69 Å². The molecule has 1 aliphatic rings. The lowest BCUT2D eigenvalue weighted by atomic mass is 10.3. The number of nitrogen functional groups attached to an aromatic ring is 1. The van der Waals surface area contributed by atoms with E-state index in [4.69, 9.17) is 5.73 Å². The van der Waals surface area contributed by atoms with Crippen LogP contribution < -0.4 is 11.1 Å². The van der Waals surface area contributed by atoms with E-state index in [1.165, 1.54) is 25.9 Å². The minimum Gasteiger partial charge on any atom is -0.395 e. The highest BCUT2D eigenvalue weighted by molar-refractivity contribution is 5.97. The van der Waals surface area contributed by atoms with Crippen molar-refractivity contribution in [1.29, 1.82) is 0 Å². The number of hydrogen-bond donors (Lipinski definition) is 2. The molecule has 1 aliphatic heterocycles. The van der Waals surface area contributed by atoms with Crippen molar-refractivity contribution in [3.8, 4) is 0 Å². The Morgan fingerprint density at radius 2 is 2.10 bits per heavy atom. The Labute approximate surface area is 120 Å². The Hall–Kier alpha value is -1.56. The number of carbonyl (C=O) groups excluding carboxylic acids is 1. The van der Waals surface area contributed by atoms with E-state index >= 15 is 0 Å². The number of aromatic nitrogens is 2. The topological polar surface area (TPSA) is 76.2 Å². The van der Waals surface area contributed by atoms with Crippen LogP contribution in [-0.2, 0) is 6.54 Å². The van der Waals surface area contributed by atoms with Crippen LogP contribution in [0.15, 0.2) is 0 Å². The third kappa shape index (κ3) is 3.30. The number of aryl methyl sites for hydroxylation is 2. The molecule has 0 aromatic carbocycles. The van der Waals surface area contributed by atoms with Crippen LogP contribution in [0.3, 0.4) is 0 Å². The Bertz CT molecular complexity index is 462. The van der Waals surface area contributed by atoms with Gasteiger partial charge in [0, 0.05) is 13.1 Å². The highest BCUT2D eigenvalue weighted by atomic mass is 16.2. The molecule has 0 aliphatic carbocycles. The van der Waals surface area contributed by atoms with E-state index in [9.17, 15) is 4.79 Å². The first-order valence-electron chi connectivity index (χ1n) is 7.47. The largest absolute Gasteiger partial charge is 0.395 e. The zero-order valence-electron chi connectivity index (χ0n) is 12.5. The normalized spacial score (nSPS) is 15.7. The molecule has 2 rings (SSSR count). The molecule has 0 unspecified atom stereocenters. The predicted octanol–water partition coefficient (Wildman–Crippen LogP) is 1.01. The Morgan fingerprint density at radius 1 is 1.40 bits per heavy atom. The fourth-order valence-corrected chi connectivity index (χ4v) is 2.66. The van der Waals surface area contributed by atoms with Crippen molar-refractivity contribution in [1.82, 2.24) is 20.0 Å². The summed E-state index contributed by atoms with van der Waals surface area (Å²) in [5.74, 6) is -0.119. The van der Waals surface area contributed by atoms with Gasteiger partial charge in [-0.3, -0.25) is 9.48 Å². The van der Waals surface area contributed by atoms with E-state index in [2.05, 4.69) is 15.3 Å². The molecule has 1 aromatic rings. The number of anilines is 1. The molecular formula is C14H25N5O. The van der Waals surface area contributed by atoms with E-state index in [1.54, 1.807) is 4.68 Å². The molecule has 0 atom stereocenters. The highest BCUT2D eigenvalue weighted by Gasteiger charge is 2.18. The molecule has 0 radical (unpaired) electrons. The smallest absolute Gasteiger partial charge is 0.271 e. The molecule has 6 heteroatoms. The van der Waals surface area contributed by atoms with E-state index in [0.29, 0.717) is 30.2 Å². The fraction of sp³-hybridized carbons (Fsp3) is 0.714. The third-order valence-electron chi connectivity index (χ3n) is 3.82. The maximum Gasteiger partial charge on any atom is 0.271 e. The molecule has 6 nitrogen and oxygen atoms in total. The summed E-state index contributed by atoms with van der Waals surface area (Å²) >= 11 is 0. The number of carbonyl (C=O) groups is 1. The Balaban J connectivity index is 1.82. The molecule has 2 heterocycles. The number of hydrogen-bond acceptors (Lipinski definition) is 4. The van der Waals surface area contributed by atoms with Crippen molar-refractivity contribution in [2.24, 2.45) is 0 Å². The van der Waals surface area contributed by atoms with Crippen LogP contribution in [0.1, 0.15) is 42.4 Å². The lowest BCUT2D eigenvalue weighted by Gasteiger charge is -2.14. The van der Waals surface area contributed by atoms with Gasteiger partial charge in [-0.15, -0.1) is 0 Å². The van der Waals surface area contributed by atoms with Gasteiger partial charge in [0.25, 0.3) is 5.91 Å². The van der Waals surface area contributed by atoms with Crippen molar-refractivity contribution in [3.63, 3.8) is 0 Å². The van der Waals surface area contributed by atoms with Crippen LogP contribution >= 0.6 is 0 Å². The molecule has 1 aromatic heterocycles. The number of rotatable bonds is 6. The van der Waals surface area contributed by atoms with Crippen LogP contribution in [0.2, 0.25) is 0 Å². The molecule has 0 spiro atoms. The maximum atomic E-state index is 12.2. The second-order valence-corrected chi connectivity index (χ2v) is 5.32. The zero-order chi connectivity index (χ0) is 14.5. The van der Waals surface area contributed by atoms with Crippen molar-refractivity contribution in [2.45, 2.75) is 39.7 Å². The van der Waals surface area contributed by atoms with Crippen LogP contribution in [0, 0.1) is 6.92 Å². The summed E-state index contributed by atoms with van der Waals surface area (Å²) in [7, 11) is 0. The fourth-order valence-electron chi connectivity index (χ4n) is 2.66. The molecule has 20 heavy (non-hydrogen) atoms. The molecular weight excluding hydrogens is 254 g/mol. The average Bonchev–Trinajstić information content (AvgIpc) is 3.04. The van der Waals surface area contributed by atoms with Crippen molar-refractivity contribution in [2.75, 3.05) is 31.9 Å². The zero-order valence-corrected chi connectivity index (χ0v) is 12.5. The summed E-state index contributed by atoms with van der Waals surface area (Å²) in [4.78, 5) is 14.6. The minimum atomic E-state index is -0.119. The summed E-state index contributed by atoms with van der Waals surface area (Å²) in [5.41, 5.74) is 7.63. The Kier molecular flexibility index (Phi) is 5.00. The number of likely N-dealkylation sites (tertiary alicyclic amines) is 1. The maximum absolute atomic E-state index is 12.2. The first kappa shape index (κ1) is 14.8.